The Morgan fingerprint density at radius 1 is 0.724 bits per heavy atom. The highest BCUT2D eigenvalue weighted by Gasteiger charge is 2.29. The van der Waals surface area contributed by atoms with Crippen molar-refractivity contribution in [2.45, 2.75) is 51.0 Å². The van der Waals surface area contributed by atoms with Crippen LogP contribution in [0, 0.1) is 13.8 Å². The molecule has 0 unspecified atom stereocenters. The van der Waals surface area contributed by atoms with Crippen molar-refractivity contribution in [3.05, 3.63) is 56.5 Å². The van der Waals surface area contributed by atoms with Gasteiger partial charge in [-0.25, -0.2) is 0 Å². The van der Waals surface area contributed by atoms with Gasteiger partial charge in [-0.2, -0.15) is 20.5 Å². The van der Waals surface area contributed by atoms with Crippen molar-refractivity contribution in [2.24, 2.45) is 20.5 Å². The number of hydrogen-bond donors (Lipinski definition) is 0. The Hall–Kier alpha value is -1.05. The molecule has 156 valence electrons. The molecule has 2 aromatic carbocycles. The minimum absolute atomic E-state index is 0.0685. The number of thioether (sulfide) groups is 1. The molecular formula is C22H28Br2N4S. The molecule has 0 aliphatic carbocycles. The van der Waals surface area contributed by atoms with Crippen LogP contribution in [0.5, 0.6) is 0 Å². The first kappa shape index (κ1) is 24.2. The molecule has 2 rings (SSSR count). The molecule has 0 heterocycles. The molecule has 0 bridgehead atoms. The van der Waals surface area contributed by atoms with Crippen LogP contribution in [0.3, 0.4) is 0 Å². The first-order valence-corrected chi connectivity index (χ1v) is 11.9. The lowest BCUT2D eigenvalue weighted by Gasteiger charge is -2.31. The number of benzene rings is 2. The van der Waals surface area contributed by atoms with Crippen LogP contribution >= 0.6 is 43.6 Å². The fourth-order valence-corrected chi connectivity index (χ4v) is 5.69. The maximum absolute atomic E-state index is 4.48. The van der Waals surface area contributed by atoms with Crippen LogP contribution < -0.4 is 0 Å². The summed E-state index contributed by atoms with van der Waals surface area (Å²) in [6.45, 7) is 14.1. The van der Waals surface area contributed by atoms with E-state index in [2.05, 4.69) is 80.0 Å². The van der Waals surface area contributed by atoms with Gasteiger partial charge in [-0.05, 0) is 96.7 Å². The summed E-state index contributed by atoms with van der Waals surface area (Å²) in [6.07, 6.45) is 0. The quantitative estimate of drug-likeness (QED) is 0.308. The van der Waals surface area contributed by atoms with Crippen LogP contribution in [0.2, 0.25) is 0 Å². The average Bonchev–Trinajstić information content (AvgIpc) is 2.59. The first-order valence-electron chi connectivity index (χ1n) is 9.46. The second-order valence-corrected chi connectivity index (χ2v) is 12.4. The van der Waals surface area contributed by atoms with Gasteiger partial charge < -0.3 is 0 Å². The number of aryl methyl sites for hydroxylation is 2. The molecule has 0 amide bonds. The second kappa shape index (κ2) is 10.3. The van der Waals surface area contributed by atoms with Crippen LogP contribution in [0.15, 0.2) is 65.8 Å². The molecule has 4 nitrogen and oxygen atoms in total. The highest BCUT2D eigenvalue weighted by Crippen LogP contribution is 2.38. The number of halogens is 2. The zero-order valence-corrected chi connectivity index (χ0v) is 21.8. The molecule has 0 saturated carbocycles. The number of hydrogen-bond acceptors (Lipinski definition) is 5. The van der Waals surface area contributed by atoms with E-state index in [0.717, 1.165) is 31.4 Å². The predicted octanol–water partition coefficient (Wildman–Crippen LogP) is 8.99. The van der Waals surface area contributed by atoms with Crippen molar-refractivity contribution < 1.29 is 0 Å². The minimum Gasteiger partial charge on any atom is -0.187 e. The molecule has 7 heteroatoms. The van der Waals surface area contributed by atoms with E-state index in [9.17, 15) is 0 Å². The van der Waals surface area contributed by atoms with Crippen molar-refractivity contribution in [3.63, 3.8) is 0 Å². The van der Waals surface area contributed by atoms with Crippen LogP contribution in [0.1, 0.15) is 38.8 Å². The molecular weight excluding hydrogens is 512 g/mol. The number of rotatable bonds is 8. The monoisotopic (exact) mass is 538 g/mol. The molecule has 0 aliphatic rings. The van der Waals surface area contributed by atoms with Crippen molar-refractivity contribution in [2.75, 3.05) is 13.1 Å². The Morgan fingerprint density at radius 2 is 1.10 bits per heavy atom. The molecule has 0 aliphatic heterocycles. The number of azo groups is 2. The number of nitrogens with zero attached hydrogens (tertiary/aromatic N) is 4. The van der Waals surface area contributed by atoms with Gasteiger partial charge in [-0.1, -0.05) is 24.3 Å². The van der Waals surface area contributed by atoms with Crippen molar-refractivity contribution >= 4 is 55.0 Å². The standard InChI is InChI=1S/C22H28Br2N4S/c1-15-9-7-11-17(23)19(15)27-25-13-21(3,4)29-22(5,6)14-26-28-20-16(2)10-8-12-18(20)24/h7-12H,13-14H2,1-6H3. The average molecular weight is 540 g/mol. The van der Waals surface area contributed by atoms with E-state index in [0.29, 0.717) is 13.1 Å². The van der Waals surface area contributed by atoms with Gasteiger partial charge in [0.2, 0.25) is 0 Å². The van der Waals surface area contributed by atoms with Gasteiger partial charge in [0.25, 0.3) is 0 Å². The van der Waals surface area contributed by atoms with Gasteiger partial charge in [0, 0.05) is 18.4 Å². The Labute approximate surface area is 195 Å². The van der Waals surface area contributed by atoms with E-state index in [1.807, 2.05) is 62.0 Å². The molecule has 0 N–H and O–H groups in total. The summed E-state index contributed by atoms with van der Waals surface area (Å²) in [5.41, 5.74) is 4.00. The highest BCUT2D eigenvalue weighted by molar-refractivity contribution is 9.11. The van der Waals surface area contributed by atoms with Gasteiger partial charge in [-0.3, -0.25) is 0 Å². The first-order chi connectivity index (χ1) is 13.5. The van der Waals surface area contributed by atoms with E-state index < -0.39 is 0 Å². The van der Waals surface area contributed by atoms with Crippen LogP contribution in [-0.2, 0) is 0 Å². The second-order valence-electron chi connectivity index (χ2n) is 8.23. The lowest BCUT2D eigenvalue weighted by molar-refractivity contribution is 0.651. The summed E-state index contributed by atoms with van der Waals surface area (Å²) < 4.78 is 1.80. The highest BCUT2D eigenvalue weighted by atomic mass is 79.9. The van der Waals surface area contributed by atoms with E-state index in [-0.39, 0.29) is 9.49 Å². The SMILES string of the molecule is Cc1cccc(Br)c1N=NCC(C)(C)SC(C)(C)CN=Nc1c(C)cccc1Br. The molecule has 0 fully saturated rings. The third-order valence-electron chi connectivity index (χ3n) is 4.17. The zero-order chi connectivity index (χ0) is 21.7. The lowest BCUT2D eigenvalue weighted by atomic mass is 10.2. The van der Waals surface area contributed by atoms with Crippen molar-refractivity contribution in [1.82, 2.24) is 0 Å². The summed E-state index contributed by atoms with van der Waals surface area (Å²) in [6, 6.07) is 12.1. The van der Waals surface area contributed by atoms with E-state index in [1.165, 1.54) is 0 Å². The lowest BCUT2D eigenvalue weighted by Crippen LogP contribution is -2.30. The molecule has 0 aromatic heterocycles. The molecule has 29 heavy (non-hydrogen) atoms. The molecule has 2 aromatic rings. The Kier molecular flexibility index (Phi) is 8.61. The van der Waals surface area contributed by atoms with E-state index in [1.54, 1.807) is 0 Å². The van der Waals surface area contributed by atoms with Gasteiger partial charge in [0.15, 0.2) is 0 Å². The van der Waals surface area contributed by atoms with Gasteiger partial charge in [-0.15, -0.1) is 11.8 Å². The van der Waals surface area contributed by atoms with Crippen LogP contribution in [-0.4, -0.2) is 22.6 Å². The molecule has 0 atom stereocenters. The minimum atomic E-state index is -0.0685. The van der Waals surface area contributed by atoms with Crippen LogP contribution in [0.25, 0.3) is 0 Å². The zero-order valence-electron chi connectivity index (χ0n) is 17.8. The summed E-state index contributed by atoms with van der Waals surface area (Å²) in [5, 5.41) is 17.9. The van der Waals surface area contributed by atoms with E-state index in [4.69, 9.17) is 0 Å². The Morgan fingerprint density at radius 3 is 1.45 bits per heavy atom. The third kappa shape index (κ3) is 7.61. The van der Waals surface area contributed by atoms with Gasteiger partial charge >= 0.3 is 0 Å². The maximum Gasteiger partial charge on any atom is 0.102 e. The molecule has 0 saturated heterocycles. The summed E-state index contributed by atoms with van der Waals surface area (Å²) in [4.78, 5) is 0. The normalized spacial score (nSPS) is 13.0. The van der Waals surface area contributed by atoms with Crippen molar-refractivity contribution in [1.29, 1.82) is 0 Å². The Balaban J connectivity index is 1.99. The fourth-order valence-electron chi connectivity index (χ4n) is 2.86. The van der Waals surface area contributed by atoms with Gasteiger partial charge in [0.1, 0.15) is 11.4 Å². The largest absolute Gasteiger partial charge is 0.187 e. The van der Waals surface area contributed by atoms with E-state index >= 15 is 0 Å². The topological polar surface area (TPSA) is 49.4 Å². The summed E-state index contributed by atoms with van der Waals surface area (Å²) in [5.74, 6) is 0. The summed E-state index contributed by atoms with van der Waals surface area (Å²) >= 11 is 8.96. The third-order valence-corrected chi connectivity index (χ3v) is 6.82. The van der Waals surface area contributed by atoms with Crippen LogP contribution in [0.4, 0.5) is 11.4 Å². The molecule has 0 spiro atoms. The maximum atomic E-state index is 4.48. The summed E-state index contributed by atoms with van der Waals surface area (Å²) in [7, 11) is 0. The predicted molar refractivity (Wildman–Crippen MR) is 132 cm³/mol. The fraction of sp³-hybridized carbons (Fsp3) is 0.455. The smallest absolute Gasteiger partial charge is 0.102 e. The Bertz CT molecular complexity index is 794. The van der Waals surface area contributed by atoms with Gasteiger partial charge in [0.05, 0.1) is 13.1 Å². The van der Waals surface area contributed by atoms with Crippen molar-refractivity contribution in [3.8, 4) is 0 Å². The molecule has 0 radical (unpaired) electrons.